The first kappa shape index (κ1) is 16.0. The highest BCUT2D eigenvalue weighted by atomic mass is 16.4. The van der Waals surface area contributed by atoms with Crippen LogP contribution < -0.4 is 0 Å². The average Bonchev–Trinajstić information content (AvgIpc) is 2.62. The molecule has 1 aromatic rings. The Morgan fingerprint density at radius 1 is 1.00 bits per heavy atom. The minimum Gasteiger partial charge on any atom is -0.480 e. The van der Waals surface area contributed by atoms with Gasteiger partial charge in [0, 0.05) is 13.1 Å². The van der Waals surface area contributed by atoms with Gasteiger partial charge in [-0.3, -0.25) is 9.59 Å². The zero-order valence-corrected chi connectivity index (χ0v) is 13.5. The first-order valence-corrected chi connectivity index (χ1v) is 8.71. The fourth-order valence-corrected chi connectivity index (χ4v) is 4.12. The van der Waals surface area contributed by atoms with Crippen LogP contribution in [0.3, 0.4) is 0 Å². The fourth-order valence-electron chi connectivity index (χ4n) is 4.12. The Labute approximate surface area is 137 Å². The quantitative estimate of drug-likeness (QED) is 0.869. The normalized spacial score (nSPS) is 21.8. The summed E-state index contributed by atoms with van der Waals surface area (Å²) in [4.78, 5) is 26.5. The van der Waals surface area contributed by atoms with Crippen LogP contribution in [0.5, 0.6) is 0 Å². The molecular weight excluding hydrogens is 290 g/mol. The summed E-state index contributed by atoms with van der Waals surface area (Å²) in [7, 11) is 0. The van der Waals surface area contributed by atoms with Gasteiger partial charge >= 0.3 is 5.97 Å². The standard InChI is InChI=1S/C19H25NO3/c21-17(19(18(22)23)11-5-2-6-12-19)20-13-9-16(10-14-20)15-7-3-1-4-8-15/h1,3-4,7-8,16H,2,5-6,9-14H2,(H,22,23). The lowest BCUT2D eigenvalue weighted by Gasteiger charge is -2.39. The number of carboxylic acid groups (broad SMARTS) is 1. The van der Waals surface area contributed by atoms with Crippen molar-refractivity contribution in [1.82, 2.24) is 4.90 Å². The van der Waals surface area contributed by atoms with Gasteiger partial charge in [-0.05, 0) is 37.2 Å². The van der Waals surface area contributed by atoms with E-state index in [1.807, 2.05) is 18.2 Å². The second-order valence-corrected chi connectivity index (χ2v) is 6.93. The number of aliphatic carboxylic acids is 1. The summed E-state index contributed by atoms with van der Waals surface area (Å²) in [6, 6.07) is 10.4. The van der Waals surface area contributed by atoms with E-state index in [4.69, 9.17) is 0 Å². The lowest BCUT2D eigenvalue weighted by atomic mass is 9.72. The molecule has 1 aliphatic heterocycles. The van der Waals surface area contributed by atoms with Crippen LogP contribution in [0.1, 0.15) is 56.4 Å². The lowest BCUT2D eigenvalue weighted by molar-refractivity contribution is -0.164. The van der Waals surface area contributed by atoms with Gasteiger partial charge in [0.2, 0.25) is 5.91 Å². The maximum absolute atomic E-state index is 12.9. The summed E-state index contributed by atoms with van der Waals surface area (Å²) >= 11 is 0. The first-order chi connectivity index (χ1) is 11.1. The molecule has 0 atom stereocenters. The Balaban J connectivity index is 1.67. The van der Waals surface area contributed by atoms with Gasteiger partial charge in [-0.1, -0.05) is 49.6 Å². The molecule has 0 bridgehead atoms. The van der Waals surface area contributed by atoms with Crippen LogP contribution in [0.25, 0.3) is 0 Å². The molecule has 4 nitrogen and oxygen atoms in total. The zero-order valence-electron chi connectivity index (χ0n) is 13.5. The van der Waals surface area contributed by atoms with Gasteiger partial charge in [-0.25, -0.2) is 0 Å². The number of piperidine rings is 1. The SMILES string of the molecule is O=C(O)C1(C(=O)N2CCC(c3ccccc3)CC2)CCCCC1. The minimum absolute atomic E-state index is 0.142. The summed E-state index contributed by atoms with van der Waals surface area (Å²) < 4.78 is 0. The zero-order chi connectivity index (χ0) is 16.3. The molecule has 3 rings (SSSR count). The molecule has 1 amide bonds. The summed E-state index contributed by atoms with van der Waals surface area (Å²) in [6.45, 7) is 1.35. The maximum atomic E-state index is 12.9. The van der Waals surface area contributed by atoms with E-state index in [0.29, 0.717) is 31.8 Å². The largest absolute Gasteiger partial charge is 0.480 e. The van der Waals surface area contributed by atoms with Gasteiger partial charge < -0.3 is 10.0 Å². The summed E-state index contributed by atoms with van der Waals surface area (Å²) in [5, 5.41) is 9.67. The Hall–Kier alpha value is -1.84. The van der Waals surface area contributed by atoms with Crippen molar-refractivity contribution in [3.63, 3.8) is 0 Å². The Bertz CT molecular complexity index is 555. The highest BCUT2D eigenvalue weighted by molar-refractivity contribution is 6.02. The van der Waals surface area contributed by atoms with E-state index in [1.54, 1.807) is 4.90 Å². The minimum atomic E-state index is -1.15. The van der Waals surface area contributed by atoms with Crippen LogP contribution >= 0.6 is 0 Å². The summed E-state index contributed by atoms with van der Waals surface area (Å²) in [6.07, 6.45) is 5.58. The second kappa shape index (κ2) is 6.73. The number of hydrogen-bond donors (Lipinski definition) is 1. The third-order valence-corrected chi connectivity index (χ3v) is 5.58. The molecular formula is C19H25NO3. The molecule has 0 unspecified atom stereocenters. The number of hydrogen-bond acceptors (Lipinski definition) is 2. The molecule has 1 aliphatic carbocycles. The smallest absolute Gasteiger partial charge is 0.319 e. The Kier molecular flexibility index (Phi) is 4.69. The molecule has 0 spiro atoms. The van der Waals surface area contributed by atoms with Crippen molar-refractivity contribution in [2.24, 2.45) is 5.41 Å². The van der Waals surface area contributed by atoms with Crippen molar-refractivity contribution in [1.29, 1.82) is 0 Å². The molecule has 23 heavy (non-hydrogen) atoms. The molecule has 1 aromatic carbocycles. The van der Waals surface area contributed by atoms with E-state index in [2.05, 4.69) is 12.1 Å². The third-order valence-electron chi connectivity index (χ3n) is 5.58. The first-order valence-electron chi connectivity index (χ1n) is 8.71. The van der Waals surface area contributed by atoms with Gasteiger partial charge in [0.15, 0.2) is 0 Å². The molecule has 1 saturated carbocycles. The van der Waals surface area contributed by atoms with Gasteiger partial charge in [-0.2, -0.15) is 0 Å². The fraction of sp³-hybridized carbons (Fsp3) is 0.579. The van der Waals surface area contributed by atoms with E-state index in [1.165, 1.54) is 5.56 Å². The highest BCUT2D eigenvalue weighted by Crippen LogP contribution is 2.39. The molecule has 2 aliphatic rings. The van der Waals surface area contributed by atoms with Crippen molar-refractivity contribution < 1.29 is 14.7 Å². The van der Waals surface area contributed by atoms with Gasteiger partial charge in [0.25, 0.3) is 0 Å². The summed E-state index contributed by atoms with van der Waals surface area (Å²) in [5.41, 5.74) is 0.169. The molecule has 1 heterocycles. The molecule has 1 N–H and O–H groups in total. The summed E-state index contributed by atoms with van der Waals surface area (Å²) in [5.74, 6) is -0.587. The van der Waals surface area contributed by atoms with E-state index < -0.39 is 11.4 Å². The maximum Gasteiger partial charge on any atom is 0.319 e. The Morgan fingerprint density at radius 3 is 2.17 bits per heavy atom. The van der Waals surface area contributed by atoms with E-state index in [9.17, 15) is 14.7 Å². The molecule has 4 heteroatoms. The molecule has 0 radical (unpaired) electrons. The predicted octanol–water partition coefficient (Wildman–Crippen LogP) is 3.43. The van der Waals surface area contributed by atoms with Crippen LogP contribution in [-0.2, 0) is 9.59 Å². The molecule has 2 fully saturated rings. The van der Waals surface area contributed by atoms with Gasteiger partial charge in [0.1, 0.15) is 5.41 Å². The number of nitrogens with zero attached hydrogens (tertiary/aromatic N) is 1. The molecule has 1 saturated heterocycles. The van der Waals surface area contributed by atoms with Gasteiger partial charge in [0.05, 0.1) is 0 Å². The number of amides is 1. The molecule has 124 valence electrons. The lowest BCUT2D eigenvalue weighted by Crippen LogP contribution is -2.51. The molecule has 0 aromatic heterocycles. The monoisotopic (exact) mass is 315 g/mol. The van der Waals surface area contributed by atoms with Crippen LogP contribution in [0.4, 0.5) is 0 Å². The van der Waals surface area contributed by atoms with Crippen LogP contribution in [0.15, 0.2) is 30.3 Å². The second-order valence-electron chi connectivity index (χ2n) is 6.93. The van der Waals surface area contributed by atoms with Crippen molar-refractivity contribution in [3.8, 4) is 0 Å². The van der Waals surface area contributed by atoms with Crippen molar-refractivity contribution in [2.45, 2.75) is 50.9 Å². The van der Waals surface area contributed by atoms with Crippen molar-refractivity contribution in [2.75, 3.05) is 13.1 Å². The van der Waals surface area contributed by atoms with Crippen LogP contribution in [0, 0.1) is 5.41 Å². The van der Waals surface area contributed by atoms with Gasteiger partial charge in [-0.15, -0.1) is 0 Å². The number of carboxylic acids is 1. The predicted molar refractivity (Wildman–Crippen MR) is 88.2 cm³/mol. The van der Waals surface area contributed by atoms with Crippen LogP contribution in [-0.4, -0.2) is 35.0 Å². The van der Waals surface area contributed by atoms with Crippen molar-refractivity contribution >= 4 is 11.9 Å². The average molecular weight is 315 g/mol. The number of carbonyl (C=O) groups is 2. The Morgan fingerprint density at radius 2 is 1.61 bits per heavy atom. The van der Waals surface area contributed by atoms with E-state index >= 15 is 0 Å². The third kappa shape index (κ3) is 3.12. The highest BCUT2D eigenvalue weighted by Gasteiger charge is 2.49. The number of rotatable bonds is 3. The topological polar surface area (TPSA) is 57.6 Å². The van der Waals surface area contributed by atoms with E-state index in [0.717, 1.165) is 32.1 Å². The number of carbonyl (C=O) groups excluding carboxylic acids is 1. The van der Waals surface area contributed by atoms with E-state index in [-0.39, 0.29) is 5.91 Å². The number of benzene rings is 1. The number of likely N-dealkylation sites (tertiary alicyclic amines) is 1. The van der Waals surface area contributed by atoms with Crippen molar-refractivity contribution in [3.05, 3.63) is 35.9 Å². The van der Waals surface area contributed by atoms with Crippen LogP contribution in [0.2, 0.25) is 0 Å².